The zero-order valence-electron chi connectivity index (χ0n) is 19.7. The molecule has 3 aromatic carbocycles. The van der Waals surface area contributed by atoms with Crippen LogP contribution in [-0.4, -0.2) is 24.1 Å². The van der Waals surface area contributed by atoms with Crippen LogP contribution >= 0.6 is 27.5 Å². The van der Waals surface area contributed by atoms with Crippen molar-refractivity contribution in [1.29, 1.82) is 0 Å². The number of aryl methyl sites for hydroxylation is 1. The van der Waals surface area contributed by atoms with Crippen molar-refractivity contribution in [3.05, 3.63) is 98.5 Å². The Morgan fingerprint density at radius 1 is 1.09 bits per heavy atom. The van der Waals surface area contributed by atoms with Crippen LogP contribution in [-0.2, 0) is 11.4 Å². The number of nitrogens with one attached hydrogen (secondary N) is 2. The summed E-state index contributed by atoms with van der Waals surface area (Å²) < 4.78 is 6.66. The maximum absolute atomic E-state index is 12.7. The molecule has 2 N–H and O–H groups in total. The van der Waals surface area contributed by atoms with Gasteiger partial charge in [-0.1, -0.05) is 61.3 Å². The van der Waals surface area contributed by atoms with Gasteiger partial charge in [-0.2, -0.15) is 5.10 Å². The van der Waals surface area contributed by atoms with Gasteiger partial charge in [-0.05, 0) is 76.3 Å². The Labute approximate surface area is 218 Å². The molecule has 1 unspecified atom stereocenters. The van der Waals surface area contributed by atoms with Crippen LogP contribution < -0.4 is 15.5 Å². The molecule has 6 nitrogen and oxygen atoms in total. The minimum Gasteiger partial charge on any atom is -0.488 e. The minimum absolute atomic E-state index is 0.146. The molecule has 0 bridgehead atoms. The Balaban J connectivity index is 1.57. The van der Waals surface area contributed by atoms with Crippen molar-refractivity contribution in [3.63, 3.8) is 0 Å². The number of hydrazone groups is 1. The second-order valence-corrected chi connectivity index (χ2v) is 9.69. The molecule has 0 aromatic heterocycles. The summed E-state index contributed by atoms with van der Waals surface area (Å²) in [6.45, 7) is 6.20. The fraction of sp³-hybridized carbons (Fsp3) is 0.222. The number of carbonyl (C=O) groups excluding carboxylic acids is 2. The molecule has 8 heteroatoms. The first-order chi connectivity index (χ1) is 16.7. The molecule has 35 heavy (non-hydrogen) atoms. The number of carbonyl (C=O) groups is 2. The van der Waals surface area contributed by atoms with Gasteiger partial charge >= 0.3 is 0 Å². The Bertz CT molecular complexity index is 1210. The average molecular weight is 557 g/mol. The van der Waals surface area contributed by atoms with Crippen LogP contribution in [0.15, 0.2) is 76.3 Å². The van der Waals surface area contributed by atoms with Gasteiger partial charge in [0, 0.05) is 10.6 Å². The zero-order chi connectivity index (χ0) is 25.4. The van der Waals surface area contributed by atoms with E-state index in [-0.39, 0.29) is 11.8 Å². The van der Waals surface area contributed by atoms with Gasteiger partial charge in [0.25, 0.3) is 11.8 Å². The summed E-state index contributed by atoms with van der Waals surface area (Å²) in [6.07, 6.45) is 1.53. The molecule has 0 heterocycles. The fourth-order valence-corrected chi connectivity index (χ4v) is 3.89. The molecular formula is C27H27BrClN3O3. The molecule has 3 rings (SSSR count). The maximum Gasteiger partial charge on any atom is 0.262 e. The first kappa shape index (κ1) is 26.4. The summed E-state index contributed by atoms with van der Waals surface area (Å²) in [5.74, 6) is -0.234. The number of amides is 2. The van der Waals surface area contributed by atoms with Crippen molar-refractivity contribution in [1.82, 2.24) is 10.7 Å². The van der Waals surface area contributed by atoms with Crippen LogP contribution in [0.3, 0.4) is 0 Å². The Morgan fingerprint density at radius 2 is 1.83 bits per heavy atom. The number of hydrogen-bond donors (Lipinski definition) is 2. The molecule has 0 aliphatic rings. The van der Waals surface area contributed by atoms with Crippen LogP contribution in [0.2, 0.25) is 5.02 Å². The molecule has 0 aliphatic heterocycles. The topological polar surface area (TPSA) is 79.8 Å². The van der Waals surface area contributed by atoms with E-state index in [1.54, 1.807) is 24.3 Å². The van der Waals surface area contributed by atoms with E-state index in [1.807, 2.05) is 63.2 Å². The summed E-state index contributed by atoms with van der Waals surface area (Å²) >= 11 is 9.48. The molecule has 182 valence electrons. The highest BCUT2D eigenvalue weighted by molar-refractivity contribution is 9.10. The van der Waals surface area contributed by atoms with E-state index in [4.69, 9.17) is 16.3 Å². The molecule has 3 aromatic rings. The van der Waals surface area contributed by atoms with Gasteiger partial charge < -0.3 is 10.1 Å². The quantitative estimate of drug-likeness (QED) is 0.255. The second kappa shape index (κ2) is 12.5. The van der Waals surface area contributed by atoms with Crippen LogP contribution in [0.1, 0.15) is 40.9 Å². The van der Waals surface area contributed by atoms with Gasteiger partial charge in [-0.15, -0.1) is 0 Å². The SMILES string of the molecule is Cc1ccc(COc2ccc(/C=N/NC(=O)C(NC(=O)c3cccc(Cl)c3)C(C)C)cc2Br)cc1. The highest BCUT2D eigenvalue weighted by atomic mass is 79.9. The van der Waals surface area contributed by atoms with Crippen molar-refractivity contribution in [2.75, 3.05) is 0 Å². The highest BCUT2D eigenvalue weighted by Crippen LogP contribution is 2.26. The standard InChI is InChI=1S/C27H27BrClN3O3/c1-17(2)25(31-26(33)21-5-4-6-22(29)14-21)27(34)32-30-15-20-11-12-24(23(28)13-20)35-16-19-9-7-18(3)8-10-19/h4-15,17,25H,16H2,1-3H3,(H,31,33)(H,32,34)/b30-15+. The number of halogens is 2. The Kier molecular flexibility index (Phi) is 9.46. The van der Waals surface area contributed by atoms with E-state index in [0.717, 1.165) is 15.6 Å². The van der Waals surface area contributed by atoms with Crippen molar-refractivity contribution in [3.8, 4) is 5.75 Å². The molecular weight excluding hydrogens is 530 g/mol. The lowest BCUT2D eigenvalue weighted by atomic mass is 10.0. The van der Waals surface area contributed by atoms with Crippen LogP contribution in [0, 0.1) is 12.8 Å². The number of hydrogen-bond acceptors (Lipinski definition) is 4. The summed E-state index contributed by atoms with van der Waals surface area (Å²) in [5, 5.41) is 7.25. The lowest BCUT2D eigenvalue weighted by Crippen LogP contribution is -2.48. The molecule has 0 aliphatic carbocycles. The van der Waals surface area contributed by atoms with Gasteiger partial charge in [-0.25, -0.2) is 5.43 Å². The number of benzene rings is 3. The van der Waals surface area contributed by atoms with E-state index in [0.29, 0.717) is 22.9 Å². The third-order valence-electron chi connectivity index (χ3n) is 5.18. The normalized spacial score (nSPS) is 11.9. The molecule has 0 fully saturated rings. The highest BCUT2D eigenvalue weighted by Gasteiger charge is 2.24. The van der Waals surface area contributed by atoms with E-state index < -0.39 is 11.9 Å². The predicted octanol–water partition coefficient (Wildman–Crippen LogP) is 5.89. The van der Waals surface area contributed by atoms with E-state index in [1.165, 1.54) is 11.8 Å². The molecule has 0 saturated heterocycles. The largest absolute Gasteiger partial charge is 0.488 e. The first-order valence-electron chi connectivity index (χ1n) is 11.1. The minimum atomic E-state index is -0.761. The van der Waals surface area contributed by atoms with E-state index in [9.17, 15) is 9.59 Å². The first-order valence-corrected chi connectivity index (χ1v) is 12.3. The van der Waals surface area contributed by atoms with E-state index in [2.05, 4.69) is 31.8 Å². The van der Waals surface area contributed by atoms with Gasteiger partial charge in [0.1, 0.15) is 18.4 Å². The van der Waals surface area contributed by atoms with Crippen molar-refractivity contribution < 1.29 is 14.3 Å². The van der Waals surface area contributed by atoms with E-state index >= 15 is 0 Å². The number of ether oxygens (including phenoxy) is 1. The fourth-order valence-electron chi connectivity index (χ4n) is 3.19. The lowest BCUT2D eigenvalue weighted by Gasteiger charge is -2.20. The zero-order valence-corrected chi connectivity index (χ0v) is 22.1. The summed E-state index contributed by atoms with van der Waals surface area (Å²) in [7, 11) is 0. The Hall–Kier alpha value is -3.16. The molecule has 0 saturated carbocycles. The second-order valence-electron chi connectivity index (χ2n) is 8.40. The summed E-state index contributed by atoms with van der Waals surface area (Å²) in [4.78, 5) is 25.2. The van der Waals surface area contributed by atoms with Gasteiger partial charge in [0.2, 0.25) is 0 Å². The average Bonchev–Trinajstić information content (AvgIpc) is 2.82. The molecule has 0 spiro atoms. The Morgan fingerprint density at radius 3 is 2.49 bits per heavy atom. The van der Waals surface area contributed by atoms with Gasteiger partial charge in [0.15, 0.2) is 0 Å². The summed E-state index contributed by atoms with van der Waals surface area (Å²) in [6, 6.07) is 19.5. The predicted molar refractivity (Wildman–Crippen MR) is 143 cm³/mol. The van der Waals surface area contributed by atoms with Crippen LogP contribution in [0.4, 0.5) is 0 Å². The lowest BCUT2D eigenvalue weighted by molar-refractivity contribution is -0.123. The van der Waals surface area contributed by atoms with Crippen molar-refractivity contribution >= 4 is 45.6 Å². The van der Waals surface area contributed by atoms with Gasteiger partial charge in [-0.3, -0.25) is 9.59 Å². The number of rotatable bonds is 9. The smallest absolute Gasteiger partial charge is 0.262 e. The van der Waals surface area contributed by atoms with Crippen LogP contribution in [0.25, 0.3) is 0 Å². The third-order valence-corrected chi connectivity index (χ3v) is 6.04. The monoisotopic (exact) mass is 555 g/mol. The number of nitrogens with zero attached hydrogens (tertiary/aromatic N) is 1. The van der Waals surface area contributed by atoms with Gasteiger partial charge in [0.05, 0.1) is 10.7 Å². The van der Waals surface area contributed by atoms with Crippen molar-refractivity contribution in [2.24, 2.45) is 11.0 Å². The van der Waals surface area contributed by atoms with Crippen LogP contribution in [0.5, 0.6) is 5.75 Å². The third kappa shape index (κ3) is 7.94. The molecule has 2 amide bonds. The maximum atomic E-state index is 12.7. The molecule has 1 atom stereocenters. The van der Waals surface area contributed by atoms with Crippen molar-refractivity contribution in [2.45, 2.75) is 33.4 Å². The molecule has 0 radical (unpaired) electrons. The summed E-state index contributed by atoms with van der Waals surface area (Å²) in [5.41, 5.74) is 5.94.